The number of urea groups is 1. The second-order valence-electron chi connectivity index (χ2n) is 6.56. The summed E-state index contributed by atoms with van der Waals surface area (Å²) in [5.74, 6) is 0.291. The molecule has 26 heavy (non-hydrogen) atoms. The lowest BCUT2D eigenvalue weighted by Gasteiger charge is -2.41. The van der Waals surface area contributed by atoms with Crippen molar-refractivity contribution in [2.45, 2.75) is 50.5 Å². The van der Waals surface area contributed by atoms with Gasteiger partial charge in [0.1, 0.15) is 10.6 Å². The number of sulfonamides is 1. The zero-order chi connectivity index (χ0) is 19.4. The number of methoxy groups -OCH3 is 1. The number of piperidine rings is 1. The van der Waals surface area contributed by atoms with Crippen LogP contribution in [0.4, 0.5) is 4.79 Å². The zero-order valence-corrected chi connectivity index (χ0v) is 16.6. The van der Waals surface area contributed by atoms with Crippen LogP contribution in [0.2, 0.25) is 0 Å². The molecule has 0 aliphatic carbocycles. The number of carbonyl (C=O) groups is 1. The van der Waals surface area contributed by atoms with E-state index in [1.165, 1.54) is 4.31 Å². The van der Waals surface area contributed by atoms with E-state index in [9.17, 15) is 13.2 Å². The summed E-state index contributed by atoms with van der Waals surface area (Å²) in [7, 11) is -2.06. The summed E-state index contributed by atoms with van der Waals surface area (Å²) in [6.07, 6.45) is 1.64. The molecule has 0 saturated carbocycles. The quantitative estimate of drug-likeness (QED) is 0.725. The summed E-state index contributed by atoms with van der Waals surface area (Å²) < 4.78 is 37.5. The van der Waals surface area contributed by atoms with E-state index in [4.69, 9.17) is 9.26 Å². The molecule has 1 fully saturated rings. The van der Waals surface area contributed by atoms with E-state index in [1.807, 2.05) is 6.92 Å². The molecule has 2 N–H and O–H groups in total. The van der Waals surface area contributed by atoms with Gasteiger partial charge in [-0.05, 0) is 40.0 Å². The molecule has 1 saturated heterocycles. The highest BCUT2D eigenvalue weighted by atomic mass is 32.2. The van der Waals surface area contributed by atoms with Crippen LogP contribution < -0.4 is 10.6 Å². The Hall–Kier alpha value is -1.65. The van der Waals surface area contributed by atoms with Crippen LogP contribution in [0.1, 0.15) is 37.6 Å². The standard InChI is InChI=1S/C16H28N4O5S/c1-5-17-15(21)18-16(8-11-24-4)6-9-20(10-7-16)26(22,23)14-12(2)19-25-13(14)3/h5-11H2,1-4H3,(H2,17,18,21). The molecule has 2 heterocycles. The van der Waals surface area contributed by atoms with E-state index in [0.29, 0.717) is 57.0 Å². The first-order valence-electron chi connectivity index (χ1n) is 8.74. The average molecular weight is 388 g/mol. The second-order valence-corrected chi connectivity index (χ2v) is 8.44. The summed E-state index contributed by atoms with van der Waals surface area (Å²) in [6.45, 7) is 6.69. The third-order valence-electron chi connectivity index (χ3n) is 4.75. The highest BCUT2D eigenvalue weighted by molar-refractivity contribution is 7.89. The molecule has 0 radical (unpaired) electrons. The number of rotatable bonds is 7. The van der Waals surface area contributed by atoms with Gasteiger partial charge in [-0.3, -0.25) is 0 Å². The minimum Gasteiger partial charge on any atom is -0.385 e. The van der Waals surface area contributed by atoms with Crippen LogP contribution in [0.5, 0.6) is 0 Å². The summed E-state index contributed by atoms with van der Waals surface area (Å²) in [6, 6.07) is -0.245. The summed E-state index contributed by atoms with van der Waals surface area (Å²) in [5.41, 5.74) is -0.126. The maximum atomic E-state index is 12.9. The molecule has 0 spiro atoms. The molecule has 1 aliphatic heterocycles. The summed E-state index contributed by atoms with van der Waals surface area (Å²) in [4.78, 5) is 12.2. The van der Waals surface area contributed by atoms with Gasteiger partial charge in [-0.1, -0.05) is 5.16 Å². The predicted molar refractivity (Wildman–Crippen MR) is 95.4 cm³/mol. The molecule has 0 unspecified atom stereocenters. The normalized spacial score (nSPS) is 17.8. The average Bonchev–Trinajstić information content (AvgIpc) is 2.93. The highest BCUT2D eigenvalue weighted by Crippen LogP contribution is 2.31. The second kappa shape index (κ2) is 8.36. The van der Waals surface area contributed by atoms with E-state index >= 15 is 0 Å². The topological polar surface area (TPSA) is 114 Å². The lowest BCUT2D eigenvalue weighted by atomic mass is 9.85. The minimum atomic E-state index is -3.67. The largest absolute Gasteiger partial charge is 0.385 e. The Morgan fingerprint density at radius 3 is 2.50 bits per heavy atom. The Morgan fingerprint density at radius 2 is 2.00 bits per heavy atom. The van der Waals surface area contributed by atoms with Crippen molar-refractivity contribution in [1.82, 2.24) is 20.1 Å². The first kappa shape index (κ1) is 20.7. The van der Waals surface area contributed by atoms with Crippen molar-refractivity contribution in [2.24, 2.45) is 0 Å². The predicted octanol–water partition coefficient (Wildman–Crippen LogP) is 1.17. The molecule has 10 heteroatoms. The van der Waals surface area contributed by atoms with Crippen molar-refractivity contribution in [1.29, 1.82) is 0 Å². The summed E-state index contributed by atoms with van der Waals surface area (Å²) >= 11 is 0. The van der Waals surface area contributed by atoms with Crippen LogP contribution in [0.15, 0.2) is 9.42 Å². The highest BCUT2D eigenvalue weighted by Gasteiger charge is 2.40. The maximum Gasteiger partial charge on any atom is 0.315 e. The van der Waals surface area contributed by atoms with Gasteiger partial charge in [0.15, 0.2) is 5.76 Å². The number of amides is 2. The lowest BCUT2D eigenvalue weighted by molar-refractivity contribution is 0.122. The number of hydrogen-bond acceptors (Lipinski definition) is 6. The van der Waals surface area contributed by atoms with Gasteiger partial charge in [0.2, 0.25) is 10.0 Å². The van der Waals surface area contributed by atoms with Gasteiger partial charge in [-0.25, -0.2) is 13.2 Å². The molecule has 2 rings (SSSR count). The van der Waals surface area contributed by atoms with Gasteiger partial charge in [-0.2, -0.15) is 4.31 Å². The number of aryl methyl sites for hydroxylation is 2. The molecule has 1 aliphatic rings. The third-order valence-corrected chi connectivity index (χ3v) is 6.89. The molecular formula is C16H28N4O5S. The van der Waals surface area contributed by atoms with Gasteiger partial charge < -0.3 is 19.9 Å². The fraction of sp³-hybridized carbons (Fsp3) is 0.750. The fourth-order valence-electron chi connectivity index (χ4n) is 3.31. The number of ether oxygens (including phenoxy) is 1. The summed E-state index contributed by atoms with van der Waals surface area (Å²) in [5, 5.41) is 9.49. The molecule has 9 nitrogen and oxygen atoms in total. The van der Waals surface area contributed by atoms with Crippen LogP contribution in [0, 0.1) is 13.8 Å². The third kappa shape index (κ3) is 4.36. The van der Waals surface area contributed by atoms with Gasteiger partial charge in [-0.15, -0.1) is 0 Å². The molecular weight excluding hydrogens is 360 g/mol. The van der Waals surface area contributed by atoms with E-state index in [1.54, 1.807) is 21.0 Å². The van der Waals surface area contributed by atoms with Gasteiger partial charge in [0.05, 0.1) is 0 Å². The van der Waals surface area contributed by atoms with Crippen molar-refractivity contribution in [3.05, 3.63) is 11.5 Å². The number of carbonyl (C=O) groups excluding carboxylic acids is 1. The Kier molecular flexibility index (Phi) is 6.64. The van der Waals surface area contributed by atoms with Crippen molar-refractivity contribution in [3.8, 4) is 0 Å². The molecule has 0 atom stereocenters. The van der Waals surface area contributed by atoms with Crippen LogP contribution in [-0.2, 0) is 14.8 Å². The molecule has 148 valence electrons. The van der Waals surface area contributed by atoms with Crippen molar-refractivity contribution >= 4 is 16.1 Å². The van der Waals surface area contributed by atoms with Crippen molar-refractivity contribution in [2.75, 3.05) is 33.4 Å². The van der Waals surface area contributed by atoms with Gasteiger partial charge in [0.25, 0.3) is 0 Å². The SMILES string of the molecule is CCNC(=O)NC1(CCOC)CCN(S(=O)(=O)c2c(C)noc2C)CC1. The van der Waals surface area contributed by atoms with E-state index in [0.717, 1.165) is 0 Å². The molecule has 0 aromatic carbocycles. The Labute approximate surface area is 154 Å². The Morgan fingerprint density at radius 1 is 1.35 bits per heavy atom. The minimum absolute atomic E-state index is 0.138. The Balaban J connectivity index is 2.14. The zero-order valence-electron chi connectivity index (χ0n) is 15.8. The van der Waals surface area contributed by atoms with Gasteiger partial charge >= 0.3 is 6.03 Å². The van der Waals surface area contributed by atoms with E-state index in [-0.39, 0.29) is 10.9 Å². The monoisotopic (exact) mass is 388 g/mol. The number of nitrogens with zero attached hydrogens (tertiary/aromatic N) is 2. The number of hydrogen-bond donors (Lipinski definition) is 2. The van der Waals surface area contributed by atoms with Crippen LogP contribution in [-0.4, -0.2) is 62.8 Å². The first-order valence-corrected chi connectivity index (χ1v) is 10.2. The smallest absolute Gasteiger partial charge is 0.315 e. The number of aromatic nitrogens is 1. The van der Waals surface area contributed by atoms with Crippen molar-refractivity contribution in [3.63, 3.8) is 0 Å². The first-order chi connectivity index (χ1) is 12.3. The molecule has 2 amide bonds. The van der Waals surface area contributed by atoms with Gasteiger partial charge in [0, 0.05) is 38.9 Å². The fourth-order valence-corrected chi connectivity index (χ4v) is 5.04. The number of nitrogens with one attached hydrogen (secondary N) is 2. The molecule has 1 aromatic heterocycles. The maximum absolute atomic E-state index is 12.9. The molecule has 0 bridgehead atoms. The van der Waals surface area contributed by atoms with E-state index < -0.39 is 15.6 Å². The van der Waals surface area contributed by atoms with Crippen LogP contribution >= 0.6 is 0 Å². The van der Waals surface area contributed by atoms with Crippen LogP contribution in [0.25, 0.3) is 0 Å². The molecule has 1 aromatic rings. The van der Waals surface area contributed by atoms with Crippen molar-refractivity contribution < 1.29 is 22.5 Å². The van der Waals surface area contributed by atoms with Crippen LogP contribution in [0.3, 0.4) is 0 Å². The van der Waals surface area contributed by atoms with E-state index in [2.05, 4.69) is 15.8 Å². The lowest BCUT2D eigenvalue weighted by Crippen LogP contribution is -2.58. The Bertz CT molecular complexity index is 703.